The molecular weight excluding hydrogens is 198 g/mol. The molecule has 76 valence electrons. The van der Waals surface area contributed by atoms with E-state index in [1.165, 1.54) is 5.57 Å². The van der Waals surface area contributed by atoms with Gasteiger partial charge in [-0.3, -0.25) is 0 Å². The van der Waals surface area contributed by atoms with E-state index in [0.29, 0.717) is 0 Å². The standard InChI is InChI=1S/C10H14ClN3/c1-7(2)4-5-12-9-8(3)6-13-10(11)14-9/h4,6H,5H2,1-3H3,(H,12,13,14). The largest absolute Gasteiger partial charge is 0.366 e. The van der Waals surface area contributed by atoms with Gasteiger partial charge < -0.3 is 5.32 Å². The zero-order chi connectivity index (χ0) is 10.6. The van der Waals surface area contributed by atoms with Gasteiger partial charge in [-0.25, -0.2) is 9.97 Å². The highest BCUT2D eigenvalue weighted by Gasteiger charge is 1.99. The number of aromatic nitrogens is 2. The molecule has 0 atom stereocenters. The second-order valence-electron chi connectivity index (χ2n) is 3.33. The van der Waals surface area contributed by atoms with Crippen molar-refractivity contribution in [3.63, 3.8) is 0 Å². The SMILES string of the molecule is CC(C)=CCNc1nc(Cl)ncc1C. The van der Waals surface area contributed by atoms with Crippen molar-refractivity contribution in [1.82, 2.24) is 9.97 Å². The van der Waals surface area contributed by atoms with E-state index in [1.807, 2.05) is 6.92 Å². The van der Waals surface area contributed by atoms with Gasteiger partial charge in [0.25, 0.3) is 0 Å². The molecule has 0 unspecified atom stereocenters. The van der Waals surface area contributed by atoms with E-state index < -0.39 is 0 Å². The molecule has 14 heavy (non-hydrogen) atoms. The maximum Gasteiger partial charge on any atom is 0.224 e. The Morgan fingerprint density at radius 2 is 2.29 bits per heavy atom. The third-order valence-corrected chi connectivity index (χ3v) is 1.90. The van der Waals surface area contributed by atoms with E-state index in [9.17, 15) is 0 Å². The molecule has 0 bridgehead atoms. The molecule has 0 radical (unpaired) electrons. The summed E-state index contributed by atoms with van der Waals surface area (Å²) in [5.41, 5.74) is 2.27. The second kappa shape index (κ2) is 4.96. The van der Waals surface area contributed by atoms with E-state index in [2.05, 4.69) is 35.2 Å². The summed E-state index contributed by atoms with van der Waals surface area (Å²) < 4.78 is 0. The fourth-order valence-corrected chi connectivity index (χ4v) is 1.08. The van der Waals surface area contributed by atoms with Crippen molar-refractivity contribution in [2.45, 2.75) is 20.8 Å². The van der Waals surface area contributed by atoms with E-state index in [-0.39, 0.29) is 5.28 Å². The van der Waals surface area contributed by atoms with Crippen LogP contribution in [-0.4, -0.2) is 16.5 Å². The first-order valence-electron chi connectivity index (χ1n) is 4.46. The molecule has 1 N–H and O–H groups in total. The minimum Gasteiger partial charge on any atom is -0.366 e. The van der Waals surface area contributed by atoms with Crippen molar-refractivity contribution in [2.24, 2.45) is 0 Å². The zero-order valence-corrected chi connectivity index (χ0v) is 9.39. The molecule has 4 heteroatoms. The molecule has 1 aromatic rings. The van der Waals surface area contributed by atoms with Gasteiger partial charge in [0.15, 0.2) is 0 Å². The number of rotatable bonds is 3. The van der Waals surface area contributed by atoms with E-state index >= 15 is 0 Å². The zero-order valence-electron chi connectivity index (χ0n) is 8.63. The Balaban J connectivity index is 2.67. The van der Waals surface area contributed by atoms with Crippen LogP contribution in [0.3, 0.4) is 0 Å². The molecule has 0 aromatic carbocycles. The van der Waals surface area contributed by atoms with Crippen molar-refractivity contribution in [1.29, 1.82) is 0 Å². The average molecular weight is 212 g/mol. The minimum absolute atomic E-state index is 0.273. The lowest BCUT2D eigenvalue weighted by Crippen LogP contribution is -2.03. The van der Waals surface area contributed by atoms with Gasteiger partial charge in [0, 0.05) is 18.3 Å². The molecule has 0 saturated heterocycles. The number of hydrogen-bond acceptors (Lipinski definition) is 3. The Labute approximate surface area is 89.2 Å². The highest BCUT2D eigenvalue weighted by atomic mass is 35.5. The summed E-state index contributed by atoms with van der Waals surface area (Å²) in [4.78, 5) is 7.96. The summed E-state index contributed by atoms with van der Waals surface area (Å²) in [6.07, 6.45) is 3.80. The van der Waals surface area contributed by atoms with Crippen molar-refractivity contribution < 1.29 is 0 Å². The maximum atomic E-state index is 5.68. The van der Waals surface area contributed by atoms with Crippen molar-refractivity contribution in [3.8, 4) is 0 Å². The van der Waals surface area contributed by atoms with E-state index in [4.69, 9.17) is 11.6 Å². The second-order valence-corrected chi connectivity index (χ2v) is 3.67. The van der Waals surface area contributed by atoms with Crippen LogP contribution >= 0.6 is 11.6 Å². The normalized spacial score (nSPS) is 9.71. The summed E-state index contributed by atoms with van der Waals surface area (Å²) in [5.74, 6) is 0.794. The fraction of sp³-hybridized carbons (Fsp3) is 0.400. The molecule has 1 aromatic heterocycles. The summed E-state index contributed by atoms with van der Waals surface area (Å²) >= 11 is 5.68. The van der Waals surface area contributed by atoms with E-state index in [1.54, 1.807) is 6.20 Å². The lowest BCUT2D eigenvalue weighted by molar-refractivity contribution is 1.10. The summed E-state index contributed by atoms with van der Waals surface area (Å²) in [5, 5.41) is 3.45. The first-order chi connectivity index (χ1) is 6.59. The average Bonchev–Trinajstić information content (AvgIpc) is 2.10. The molecule has 0 aliphatic heterocycles. The van der Waals surface area contributed by atoms with Crippen LogP contribution in [0.4, 0.5) is 5.82 Å². The van der Waals surface area contributed by atoms with Crippen LogP contribution in [0.15, 0.2) is 17.8 Å². The van der Waals surface area contributed by atoms with Crippen molar-refractivity contribution in [3.05, 3.63) is 28.7 Å². The fourth-order valence-electron chi connectivity index (χ4n) is 0.951. The molecular formula is C10H14ClN3. The van der Waals surface area contributed by atoms with Crippen LogP contribution in [0.25, 0.3) is 0 Å². The van der Waals surface area contributed by atoms with Crippen LogP contribution in [0.5, 0.6) is 0 Å². The van der Waals surface area contributed by atoms with Gasteiger partial charge in [0.1, 0.15) is 5.82 Å². The van der Waals surface area contributed by atoms with Gasteiger partial charge >= 0.3 is 0 Å². The first kappa shape index (κ1) is 11.0. The lowest BCUT2D eigenvalue weighted by Gasteiger charge is -2.05. The third kappa shape index (κ3) is 3.34. The lowest BCUT2D eigenvalue weighted by atomic mass is 10.3. The third-order valence-electron chi connectivity index (χ3n) is 1.72. The highest BCUT2D eigenvalue weighted by Crippen LogP contribution is 2.12. The number of aryl methyl sites for hydroxylation is 1. The van der Waals surface area contributed by atoms with Crippen molar-refractivity contribution >= 4 is 17.4 Å². The van der Waals surface area contributed by atoms with Gasteiger partial charge in [-0.2, -0.15) is 0 Å². The molecule has 0 saturated carbocycles. The number of anilines is 1. The van der Waals surface area contributed by atoms with Gasteiger partial charge in [-0.15, -0.1) is 0 Å². The Bertz CT molecular complexity index is 343. The first-order valence-corrected chi connectivity index (χ1v) is 4.84. The van der Waals surface area contributed by atoms with Crippen LogP contribution in [0.1, 0.15) is 19.4 Å². The van der Waals surface area contributed by atoms with Gasteiger partial charge in [0.2, 0.25) is 5.28 Å². The molecule has 1 rings (SSSR count). The molecule has 3 nitrogen and oxygen atoms in total. The molecule has 0 aliphatic rings. The van der Waals surface area contributed by atoms with Crippen LogP contribution < -0.4 is 5.32 Å². The van der Waals surface area contributed by atoms with Crippen LogP contribution in [0.2, 0.25) is 5.28 Å². The van der Waals surface area contributed by atoms with Gasteiger partial charge in [-0.05, 0) is 32.4 Å². The monoisotopic (exact) mass is 211 g/mol. The number of halogens is 1. The van der Waals surface area contributed by atoms with E-state index in [0.717, 1.165) is 17.9 Å². The Kier molecular flexibility index (Phi) is 3.89. The predicted octanol–water partition coefficient (Wildman–Crippen LogP) is 2.82. The summed E-state index contributed by atoms with van der Waals surface area (Å²) in [7, 11) is 0. The number of allylic oxidation sites excluding steroid dienone is 1. The van der Waals surface area contributed by atoms with Gasteiger partial charge in [0.05, 0.1) is 0 Å². The van der Waals surface area contributed by atoms with Crippen LogP contribution in [-0.2, 0) is 0 Å². The summed E-state index contributed by atoms with van der Waals surface area (Å²) in [6.45, 7) is 6.82. The number of nitrogens with one attached hydrogen (secondary N) is 1. The Morgan fingerprint density at radius 3 is 2.93 bits per heavy atom. The molecule has 0 fully saturated rings. The molecule has 1 heterocycles. The van der Waals surface area contributed by atoms with Gasteiger partial charge in [-0.1, -0.05) is 11.6 Å². The Morgan fingerprint density at radius 1 is 1.57 bits per heavy atom. The summed E-state index contributed by atoms with van der Waals surface area (Å²) in [6, 6.07) is 0. The molecule has 0 spiro atoms. The Hall–Kier alpha value is -1.09. The quantitative estimate of drug-likeness (QED) is 0.617. The molecule has 0 aliphatic carbocycles. The number of nitrogens with zero attached hydrogens (tertiary/aromatic N) is 2. The molecule has 0 amide bonds. The predicted molar refractivity (Wildman–Crippen MR) is 59.7 cm³/mol. The van der Waals surface area contributed by atoms with Crippen LogP contribution in [0, 0.1) is 6.92 Å². The smallest absolute Gasteiger partial charge is 0.224 e. The minimum atomic E-state index is 0.273. The highest BCUT2D eigenvalue weighted by molar-refractivity contribution is 6.28. The maximum absolute atomic E-state index is 5.68. The topological polar surface area (TPSA) is 37.8 Å². The number of hydrogen-bond donors (Lipinski definition) is 1. The van der Waals surface area contributed by atoms with Crippen molar-refractivity contribution in [2.75, 3.05) is 11.9 Å².